The molecule has 7 aromatic rings. The highest BCUT2D eigenvalue weighted by Crippen LogP contribution is 2.43. The summed E-state index contributed by atoms with van der Waals surface area (Å²) in [5.41, 5.74) is 14.6. The molecule has 0 spiro atoms. The highest BCUT2D eigenvalue weighted by atomic mass is 14.2. The van der Waals surface area contributed by atoms with E-state index >= 15 is 0 Å². The van der Waals surface area contributed by atoms with Crippen molar-refractivity contribution < 1.29 is 0 Å². The predicted molar refractivity (Wildman–Crippen MR) is 248 cm³/mol. The molecule has 0 radical (unpaired) electrons. The first kappa shape index (κ1) is 35.5. The molecular formula is C55H47B. The molecule has 0 heterocycles. The third kappa shape index (κ3) is 6.22. The third-order valence-corrected chi connectivity index (χ3v) is 12.1. The molecule has 9 rings (SSSR count). The minimum absolute atomic E-state index is 0.0310. The smallest absolute Gasteiger partial charge is 0.0991 e. The van der Waals surface area contributed by atoms with Crippen LogP contribution in [0.1, 0.15) is 54.9 Å². The van der Waals surface area contributed by atoms with Crippen molar-refractivity contribution in [3.8, 4) is 0 Å². The number of allylic oxidation sites excluding steroid dienone is 13. The zero-order chi connectivity index (χ0) is 38.2. The van der Waals surface area contributed by atoms with Crippen LogP contribution >= 0.6 is 0 Å². The van der Waals surface area contributed by atoms with Gasteiger partial charge in [-0.05, 0) is 122 Å². The van der Waals surface area contributed by atoms with Crippen LogP contribution in [0.15, 0.2) is 193 Å². The first-order chi connectivity index (χ1) is 27.6. The first-order valence-electron chi connectivity index (χ1n) is 20.3. The molecule has 0 unspecified atom stereocenters. The summed E-state index contributed by atoms with van der Waals surface area (Å²) in [7, 11) is 0. The summed E-state index contributed by atoms with van der Waals surface area (Å²) in [6, 6.07) is 45.1. The summed E-state index contributed by atoms with van der Waals surface area (Å²) in [4.78, 5) is 0. The molecule has 0 nitrogen and oxygen atoms in total. The third-order valence-electron chi connectivity index (χ3n) is 12.1. The number of hydrogen-bond acceptors (Lipinski definition) is 0. The lowest BCUT2D eigenvalue weighted by Crippen LogP contribution is -2.47. The first-order valence-corrected chi connectivity index (χ1v) is 20.3. The molecule has 0 aromatic heterocycles. The molecule has 0 saturated heterocycles. The van der Waals surface area contributed by atoms with Gasteiger partial charge in [-0.3, -0.25) is 0 Å². The van der Waals surface area contributed by atoms with Crippen LogP contribution in [-0.4, -0.2) is 6.71 Å². The van der Waals surface area contributed by atoms with Crippen molar-refractivity contribution >= 4 is 71.9 Å². The maximum absolute atomic E-state index is 4.32. The van der Waals surface area contributed by atoms with Crippen molar-refractivity contribution in [1.29, 1.82) is 0 Å². The maximum atomic E-state index is 4.32. The fraction of sp³-hybridized carbons (Fsp3) is 0.127. The molecule has 7 aromatic carbocycles. The summed E-state index contributed by atoms with van der Waals surface area (Å²) < 4.78 is 0. The van der Waals surface area contributed by atoms with Crippen molar-refractivity contribution in [2.75, 3.05) is 0 Å². The average molecular weight is 719 g/mol. The summed E-state index contributed by atoms with van der Waals surface area (Å²) in [6.07, 6.45) is 22.8. The van der Waals surface area contributed by atoms with E-state index in [-0.39, 0.29) is 6.71 Å². The van der Waals surface area contributed by atoms with E-state index in [0.29, 0.717) is 0 Å². The highest BCUT2D eigenvalue weighted by Gasteiger charge is 2.30. The molecular weight excluding hydrogens is 671 g/mol. The molecule has 270 valence electrons. The Kier molecular flexibility index (Phi) is 9.62. The number of aryl methyl sites for hydroxylation is 2. The van der Waals surface area contributed by atoms with Crippen LogP contribution in [0.25, 0.3) is 54.2 Å². The van der Waals surface area contributed by atoms with E-state index in [9.17, 15) is 0 Å². The average Bonchev–Trinajstić information content (AvgIpc) is 3.46. The van der Waals surface area contributed by atoms with E-state index in [1.165, 1.54) is 104 Å². The van der Waals surface area contributed by atoms with Gasteiger partial charge in [-0.2, -0.15) is 0 Å². The van der Waals surface area contributed by atoms with Crippen molar-refractivity contribution in [1.82, 2.24) is 0 Å². The molecule has 0 atom stereocenters. The summed E-state index contributed by atoms with van der Waals surface area (Å²) >= 11 is 0. The van der Waals surface area contributed by atoms with E-state index in [0.717, 1.165) is 25.7 Å². The molecule has 1 heteroatoms. The molecule has 0 amide bonds. The van der Waals surface area contributed by atoms with Gasteiger partial charge >= 0.3 is 0 Å². The second-order valence-corrected chi connectivity index (χ2v) is 15.4. The Balaban J connectivity index is 1.33. The Morgan fingerprint density at radius 2 is 1.20 bits per heavy atom. The molecule has 56 heavy (non-hydrogen) atoms. The second kappa shape index (κ2) is 15.2. The van der Waals surface area contributed by atoms with Gasteiger partial charge in [-0.15, -0.1) is 0 Å². The van der Waals surface area contributed by atoms with Gasteiger partial charge in [-0.1, -0.05) is 205 Å². The topological polar surface area (TPSA) is 0 Å². The summed E-state index contributed by atoms with van der Waals surface area (Å²) in [6.45, 7) is 11.2. The van der Waals surface area contributed by atoms with E-state index in [2.05, 4.69) is 191 Å². The number of benzene rings is 7. The molecule has 0 aliphatic heterocycles. The quantitative estimate of drug-likeness (QED) is 0.0834. The van der Waals surface area contributed by atoms with Crippen LogP contribution in [0, 0.1) is 13.8 Å². The van der Waals surface area contributed by atoms with Crippen LogP contribution in [0.2, 0.25) is 0 Å². The number of fused-ring (bicyclic) bond motifs is 5. The zero-order valence-electron chi connectivity index (χ0n) is 32.8. The monoisotopic (exact) mass is 718 g/mol. The van der Waals surface area contributed by atoms with Crippen molar-refractivity contribution in [2.24, 2.45) is 0 Å². The van der Waals surface area contributed by atoms with Gasteiger partial charge in [0.15, 0.2) is 0 Å². The van der Waals surface area contributed by atoms with Crippen LogP contribution < -0.4 is 10.9 Å². The van der Waals surface area contributed by atoms with Gasteiger partial charge in [0.2, 0.25) is 6.71 Å². The van der Waals surface area contributed by atoms with Gasteiger partial charge in [-0.25, -0.2) is 0 Å². The summed E-state index contributed by atoms with van der Waals surface area (Å²) in [5, 5.41) is 10.3. The Hall–Kier alpha value is -6.18. The van der Waals surface area contributed by atoms with Crippen LogP contribution in [0.4, 0.5) is 0 Å². The second-order valence-electron chi connectivity index (χ2n) is 15.4. The van der Waals surface area contributed by atoms with Gasteiger partial charge < -0.3 is 0 Å². The molecule has 2 aliphatic rings. The lowest BCUT2D eigenvalue weighted by atomic mass is 9.33. The molecule has 0 saturated carbocycles. The maximum Gasteiger partial charge on any atom is 0.243 e. The van der Waals surface area contributed by atoms with Gasteiger partial charge in [0.05, 0.1) is 0 Å². The van der Waals surface area contributed by atoms with Crippen molar-refractivity contribution in [3.63, 3.8) is 0 Å². The van der Waals surface area contributed by atoms with Crippen molar-refractivity contribution in [3.05, 3.63) is 215 Å². The molecule has 0 fully saturated rings. The number of hydrogen-bond donors (Lipinski definition) is 0. The Labute approximate surface area is 332 Å². The van der Waals surface area contributed by atoms with Crippen LogP contribution in [-0.2, 0) is 0 Å². The van der Waals surface area contributed by atoms with Crippen LogP contribution in [0.5, 0.6) is 0 Å². The van der Waals surface area contributed by atoms with Gasteiger partial charge in [0, 0.05) is 0 Å². The largest absolute Gasteiger partial charge is 0.243 e. The Morgan fingerprint density at radius 3 is 1.77 bits per heavy atom. The van der Waals surface area contributed by atoms with Crippen molar-refractivity contribution in [2.45, 2.75) is 46.5 Å². The normalized spacial score (nSPS) is 14.7. The molecule has 0 bridgehead atoms. The lowest BCUT2D eigenvalue weighted by molar-refractivity contribution is 0.962. The SMILES string of the molecule is C=C/C=C(\C=C(/CC)c1c2ccccc2c(C2=CCC=C3CCC=CC3=C2)c2ccccc12)B(c1c(C)ccc2ccccc12)c1c(C)ccc2ccccc12. The highest BCUT2D eigenvalue weighted by molar-refractivity contribution is 6.95. The number of rotatable bonds is 8. The van der Waals surface area contributed by atoms with Gasteiger partial charge in [0.1, 0.15) is 0 Å². The molecule has 2 aliphatic carbocycles. The Bertz CT molecular complexity index is 2760. The predicted octanol–water partition coefficient (Wildman–Crippen LogP) is 13.7. The van der Waals surface area contributed by atoms with E-state index in [4.69, 9.17) is 0 Å². The van der Waals surface area contributed by atoms with E-state index in [1.54, 1.807) is 0 Å². The fourth-order valence-electron chi connectivity index (χ4n) is 9.54. The standard InChI is InChI=1S/C55H47B/c1-5-18-45(56(54-37(3)31-33-41-20-9-11-25-46(41)54)55-38(4)32-34-42-21-10-12-26-47(42)55)36-39(6-2)52-48-27-13-15-29-50(48)53(51-30-16-14-28-49(51)52)44-24-17-23-40-19-7-8-22-43(40)35-44/h5,8-16,18,20-36H,1,6-7,17,19H2,2-4H3/b39-36+,45-18+. The molecule has 0 N–H and O–H groups in total. The van der Waals surface area contributed by atoms with E-state index < -0.39 is 0 Å². The van der Waals surface area contributed by atoms with E-state index in [1.807, 2.05) is 6.08 Å². The minimum Gasteiger partial charge on any atom is -0.0991 e. The minimum atomic E-state index is -0.0310. The van der Waals surface area contributed by atoms with Crippen LogP contribution in [0.3, 0.4) is 0 Å². The lowest BCUT2D eigenvalue weighted by Gasteiger charge is -2.25. The zero-order valence-corrected chi connectivity index (χ0v) is 32.8. The summed E-state index contributed by atoms with van der Waals surface area (Å²) in [5.74, 6) is 0. The Morgan fingerprint density at radius 1 is 0.643 bits per heavy atom. The fourth-order valence-corrected chi connectivity index (χ4v) is 9.54. The van der Waals surface area contributed by atoms with Gasteiger partial charge in [0.25, 0.3) is 0 Å².